The number of nitrogens with one attached hydrogen (secondary N) is 1. The maximum absolute atomic E-state index is 11.7. The van der Waals surface area contributed by atoms with E-state index in [0.717, 1.165) is 5.75 Å². The van der Waals surface area contributed by atoms with Gasteiger partial charge in [-0.25, -0.2) is 0 Å². The van der Waals surface area contributed by atoms with Crippen LogP contribution in [0.5, 0.6) is 5.75 Å². The highest BCUT2D eigenvalue weighted by Crippen LogP contribution is 2.16. The molecule has 0 aliphatic heterocycles. The molecule has 0 radical (unpaired) electrons. The van der Waals surface area contributed by atoms with Gasteiger partial charge in [0.1, 0.15) is 5.75 Å². The molecule has 0 heterocycles. The Morgan fingerprint density at radius 3 is 2.55 bits per heavy atom. The van der Waals surface area contributed by atoms with Crippen LogP contribution in [0.4, 0.5) is 0 Å². The third-order valence-corrected chi connectivity index (χ3v) is 3.42. The van der Waals surface area contributed by atoms with Gasteiger partial charge in [-0.1, -0.05) is 19.9 Å². The van der Waals surface area contributed by atoms with E-state index >= 15 is 0 Å². The Morgan fingerprint density at radius 1 is 1.30 bits per heavy atom. The number of carbonyl (C=O) groups is 1. The number of amides is 1. The summed E-state index contributed by atoms with van der Waals surface area (Å²) >= 11 is 0. The lowest BCUT2D eigenvalue weighted by Gasteiger charge is -2.19. The number of aliphatic hydroxyl groups is 1. The van der Waals surface area contributed by atoms with E-state index in [1.807, 2.05) is 45.9 Å². The van der Waals surface area contributed by atoms with Crippen LogP contribution in [-0.2, 0) is 4.79 Å². The molecule has 1 rings (SSSR count). The van der Waals surface area contributed by atoms with Gasteiger partial charge in [0.05, 0.1) is 25.7 Å². The lowest BCUT2D eigenvalue weighted by Crippen LogP contribution is -2.41. The average Bonchev–Trinajstić information content (AvgIpc) is 2.39. The van der Waals surface area contributed by atoms with E-state index in [0.29, 0.717) is 6.61 Å². The summed E-state index contributed by atoms with van der Waals surface area (Å²) < 4.78 is 5.56. The van der Waals surface area contributed by atoms with Crippen molar-refractivity contribution in [3.8, 4) is 5.75 Å². The van der Waals surface area contributed by atoms with E-state index in [4.69, 9.17) is 9.84 Å². The Morgan fingerprint density at radius 2 is 2.00 bits per heavy atom. The largest absolute Gasteiger partial charge is 0.493 e. The molecule has 0 aromatic heterocycles. The molecule has 20 heavy (non-hydrogen) atoms. The first-order chi connectivity index (χ1) is 9.43. The summed E-state index contributed by atoms with van der Waals surface area (Å²) in [5, 5.41) is 12.0. The molecule has 0 fully saturated rings. The van der Waals surface area contributed by atoms with Crippen LogP contribution in [0.2, 0.25) is 0 Å². The van der Waals surface area contributed by atoms with Crippen LogP contribution in [0.25, 0.3) is 0 Å². The maximum Gasteiger partial charge on any atom is 0.223 e. The van der Waals surface area contributed by atoms with Crippen molar-refractivity contribution in [1.82, 2.24) is 5.32 Å². The summed E-state index contributed by atoms with van der Waals surface area (Å²) in [5.41, 5.74) is 2.39. The molecule has 112 valence electrons. The Balaban J connectivity index is 2.36. The van der Waals surface area contributed by atoms with Gasteiger partial charge < -0.3 is 15.2 Å². The first-order valence-electron chi connectivity index (χ1n) is 7.04. The highest BCUT2D eigenvalue weighted by Gasteiger charge is 2.14. The number of hydrogen-bond acceptors (Lipinski definition) is 3. The second-order valence-corrected chi connectivity index (χ2v) is 5.45. The van der Waals surface area contributed by atoms with Gasteiger partial charge in [-0.2, -0.15) is 0 Å². The monoisotopic (exact) mass is 279 g/mol. The molecule has 0 aliphatic carbocycles. The van der Waals surface area contributed by atoms with E-state index in [1.54, 1.807) is 0 Å². The van der Waals surface area contributed by atoms with Gasteiger partial charge in [0.2, 0.25) is 5.91 Å². The Hall–Kier alpha value is -1.55. The molecule has 4 nitrogen and oxygen atoms in total. The number of carbonyl (C=O) groups excluding carboxylic acids is 1. The summed E-state index contributed by atoms with van der Waals surface area (Å²) in [7, 11) is 0. The van der Waals surface area contributed by atoms with E-state index in [1.165, 1.54) is 11.1 Å². The number of rotatable bonds is 7. The van der Waals surface area contributed by atoms with Crippen LogP contribution < -0.4 is 10.1 Å². The Kier molecular flexibility index (Phi) is 6.52. The maximum atomic E-state index is 11.7. The number of hydrogen-bond donors (Lipinski definition) is 2. The fraction of sp³-hybridized carbons (Fsp3) is 0.562. The van der Waals surface area contributed by atoms with Gasteiger partial charge in [0.25, 0.3) is 0 Å². The molecule has 0 saturated carbocycles. The van der Waals surface area contributed by atoms with E-state index < -0.39 is 0 Å². The fourth-order valence-electron chi connectivity index (χ4n) is 1.77. The van der Waals surface area contributed by atoms with Crippen molar-refractivity contribution in [1.29, 1.82) is 0 Å². The lowest BCUT2D eigenvalue weighted by atomic mass is 10.1. The van der Waals surface area contributed by atoms with Gasteiger partial charge in [-0.05, 0) is 43.0 Å². The summed E-state index contributed by atoms with van der Waals surface area (Å²) in [6.07, 6.45) is 0.288. The molecular weight excluding hydrogens is 254 g/mol. The van der Waals surface area contributed by atoms with Crippen molar-refractivity contribution >= 4 is 5.91 Å². The van der Waals surface area contributed by atoms with E-state index in [2.05, 4.69) is 5.32 Å². The number of ether oxygens (including phenoxy) is 1. The minimum atomic E-state index is -0.191. The molecule has 0 saturated heterocycles. The standard InChI is InChI=1S/C16H25NO3/c1-11(2)15(10-18)17-16(19)7-8-20-14-6-5-12(3)13(4)9-14/h5-6,9,11,15,18H,7-8,10H2,1-4H3,(H,17,19)/t15-/m1/s1. The molecule has 1 amide bonds. The molecule has 1 aromatic rings. The zero-order valence-electron chi connectivity index (χ0n) is 12.8. The SMILES string of the molecule is Cc1ccc(OCCC(=O)N[C@H](CO)C(C)C)cc1C. The topological polar surface area (TPSA) is 58.6 Å². The van der Waals surface area contributed by atoms with Crippen molar-refractivity contribution in [2.75, 3.05) is 13.2 Å². The van der Waals surface area contributed by atoms with Crippen LogP contribution in [0.1, 0.15) is 31.4 Å². The number of benzene rings is 1. The molecule has 0 unspecified atom stereocenters. The highest BCUT2D eigenvalue weighted by molar-refractivity contribution is 5.76. The van der Waals surface area contributed by atoms with Gasteiger partial charge >= 0.3 is 0 Å². The lowest BCUT2D eigenvalue weighted by molar-refractivity contribution is -0.122. The smallest absolute Gasteiger partial charge is 0.223 e. The van der Waals surface area contributed by atoms with Crippen LogP contribution in [0.3, 0.4) is 0 Å². The predicted octanol–water partition coefficient (Wildman–Crippen LogP) is 2.21. The Bertz CT molecular complexity index is 443. The van der Waals surface area contributed by atoms with Crippen molar-refractivity contribution in [2.24, 2.45) is 5.92 Å². The first kappa shape index (κ1) is 16.5. The quantitative estimate of drug-likeness (QED) is 0.804. The average molecular weight is 279 g/mol. The van der Waals surface area contributed by atoms with Crippen LogP contribution in [0, 0.1) is 19.8 Å². The second-order valence-electron chi connectivity index (χ2n) is 5.45. The molecule has 4 heteroatoms. The van der Waals surface area contributed by atoms with Gasteiger partial charge in [0.15, 0.2) is 0 Å². The second kappa shape index (κ2) is 7.90. The molecule has 0 bridgehead atoms. The van der Waals surface area contributed by atoms with Gasteiger partial charge in [0, 0.05) is 0 Å². The number of aliphatic hydroxyl groups excluding tert-OH is 1. The van der Waals surface area contributed by atoms with Crippen molar-refractivity contribution in [2.45, 2.75) is 40.2 Å². The highest BCUT2D eigenvalue weighted by atomic mass is 16.5. The predicted molar refractivity (Wildman–Crippen MR) is 79.9 cm³/mol. The van der Waals surface area contributed by atoms with Gasteiger partial charge in [-0.3, -0.25) is 4.79 Å². The number of aryl methyl sites for hydroxylation is 2. The minimum absolute atomic E-state index is 0.0403. The third kappa shape index (κ3) is 5.21. The van der Waals surface area contributed by atoms with E-state index in [-0.39, 0.29) is 30.9 Å². The normalized spacial score (nSPS) is 12.3. The Labute approximate surface area is 121 Å². The molecule has 0 aliphatic rings. The molecular formula is C16H25NO3. The molecule has 1 atom stereocenters. The van der Waals surface area contributed by atoms with Crippen LogP contribution in [0.15, 0.2) is 18.2 Å². The van der Waals surface area contributed by atoms with E-state index in [9.17, 15) is 4.79 Å². The summed E-state index contributed by atoms with van der Waals surface area (Å²) in [4.78, 5) is 11.7. The summed E-state index contributed by atoms with van der Waals surface area (Å²) in [5.74, 6) is 0.898. The van der Waals surface area contributed by atoms with Crippen molar-refractivity contribution in [3.63, 3.8) is 0 Å². The summed E-state index contributed by atoms with van der Waals surface area (Å²) in [6, 6.07) is 5.69. The van der Waals surface area contributed by atoms with Crippen molar-refractivity contribution < 1.29 is 14.6 Å². The molecule has 1 aromatic carbocycles. The van der Waals surface area contributed by atoms with Crippen LogP contribution >= 0.6 is 0 Å². The van der Waals surface area contributed by atoms with Crippen molar-refractivity contribution in [3.05, 3.63) is 29.3 Å². The van der Waals surface area contributed by atoms with Crippen LogP contribution in [-0.4, -0.2) is 30.3 Å². The molecule has 0 spiro atoms. The van der Waals surface area contributed by atoms with Gasteiger partial charge in [-0.15, -0.1) is 0 Å². The molecule has 2 N–H and O–H groups in total. The first-order valence-corrected chi connectivity index (χ1v) is 7.04. The zero-order chi connectivity index (χ0) is 15.1. The fourth-order valence-corrected chi connectivity index (χ4v) is 1.77. The zero-order valence-corrected chi connectivity index (χ0v) is 12.8. The third-order valence-electron chi connectivity index (χ3n) is 3.42. The minimum Gasteiger partial charge on any atom is -0.493 e. The summed E-state index contributed by atoms with van der Waals surface area (Å²) in [6.45, 7) is 8.31.